The minimum atomic E-state index is -4.79. The van der Waals surface area contributed by atoms with E-state index >= 15 is 0 Å². The largest absolute Gasteiger partial charge is 0.573 e. The molecule has 4 aromatic heterocycles. The Balaban J connectivity index is 1.45. The van der Waals surface area contributed by atoms with Gasteiger partial charge in [-0.05, 0) is 48.6 Å². The standard InChI is InChI=1S/C28H26F3N7O/c29-28(30,31)39-17-5-6-21-19(13-17)23-18(7-8-34-26(23)35-21)25-36-22-15-33-14-20(16-3-1-2-4-16)24(22)27(37-25)38-11-9-32-10-12-38/h5-8,13-16,32H,1-4,9-12H2,(H,34,35). The van der Waals surface area contributed by atoms with E-state index in [-0.39, 0.29) is 5.75 Å². The highest BCUT2D eigenvalue weighted by molar-refractivity contribution is 6.13. The van der Waals surface area contributed by atoms with Crippen molar-refractivity contribution in [3.63, 3.8) is 0 Å². The van der Waals surface area contributed by atoms with Gasteiger partial charge in [0.05, 0.1) is 11.7 Å². The Morgan fingerprint density at radius 2 is 1.79 bits per heavy atom. The number of piperazine rings is 1. The van der Waals surface area contributed by atoms with E-state index in [0.29, 0.717) is 39.2 Å². The summed E-state index contributed by atoms with van der Waals surface area (Å²) in [6.45, 7) is 3.34. The number of nitrogens with one attached hydrogen (secondary N) is 2. The van der Waals surface area contributed by atoms with Crippen molar-refractivity contribution in [1.29, 1.82) is 0 Å². The van der Waals surface area contributed by atoms with Crippen LogP contribution in [0.15, 0.2) is 42.9 Å². The van der Waals surface area contributed by atoms with E-state index in [1.54, 1.807) is 18.5 Å². The first-order valence-corrected chi connectivity index (χ1v) is 13.2. The second-order valence-corrected chi connectivity index (χ2v) is 10.2. The third-order valence-electron chi connectivity index (χ3n) is 7.77. The van der Waals surface area contributed by atoms with Crippen molar-refractivity contribution < 1.29 is 17.9 Å². The van der Waals surface area contributed by atoms with E-state index in [4.69, 9.17) is 9.97 Å². The number of alkyl halides is 3. The average molecular weight is 534 g/mol. The second-order valence-electron chi connectivity index (χ2n) is 10.2. The topological polar surface area (TPSA) is 91.8 Å². The average Bonchev–Trinajstić information content (AvgIpc) is 3.60. The molecule has 0 bridgehead atoms. The summed E-state index contributed by atoms with van der Waals surface area (Å²) in [4.78, 5) is 24.6. The summed E-state index contributed by atoms with van der Waals surface area (Å²) in [5, 5.41) is 5.66. The molecular formula is C28H26F3N7O. The normalized spacial score (nSPS) is 17.1. The third-order valence-corrected chi connectivity index (χ3v) is 7.77. The summed E-state index contributed by atoms with van der Waals surface area (Å²) in [7, 11) is 0. The fraction of sp³-hybridized carbons (Fsp3) is 0.357. The molecule has 1 aromatic carbocycles. The Bertz CT molecular complexity index is 1690. The van der Waals surface area contributed by atoms with E-state index in [0.717, 1.165) is 55.7 Å². The minimum absolute atomic E-state index is 0.294. The number of benzene rings is 1. The van der Waals surface area contributed by atoms with Gasteiger partial charge in [-0.25, -0.2) is 15.0 Å². The van der Waals surface area contributed by atoms with Crippen LogP contribution >= 0.6 is 0 Å². The quantitative estimate of drug-likeness (QED) is 0.307. The molecule has 200 valence electrons. The van der Waals surface area contributed by atoms with Gasteiger partial charge < -0.3 is 19.9 Å². The number of halogens is 3. The zero-order chi connectivity index (χ0) is 26.6. The van der Waals surface area contributed by atoms with Gasteiger partial charge in [-0.15, -0.1) is 13.2 Å². The van der Waals surface area contributed by atoms with Crippen LogP contribution in [-0.4, -0.2) is 57.5 Å². The van der Waals surface area contributed by atoms with Crippen LogP contribution in [0.3, 0.4) is 0 Å². The molecule has 0 atom stereocenters. The van der Waals surface area contributed by atoms with Crippen molar-refractivity contribution in [2.75, 3.05) is 31.1 Å². The van der Waals surface area contributed by atoms with Crippen molar-refractivity contribution in [3.05, 3.63) is 48.4 Å². The van der Waals surface area contributed by atoms with Gasteiger partial charge in [-0.3, -0.25) is 4.98 Å². The number of nitrogens with zero attached hydrogens (tertiary/aromatic N) is 5. The maximum absolute atomic E-state index is 13.0. The number of fused-ring (bicyclic) bond motifs is 4. The lowest BCUT2D eigenvalue weighted by molar-refractivity contribution is -0.274. The van der Waals surface area contributed by atoms with Crippen LogP contribution in [0, 0.1) is 0 Å². The van der Waals surface area contributed by atoms with E-state index < -0.39 is 6.36 Å². The molecule has 5 heterocycles. The Morgan fingerprint density at radius 3 is 2.59 bits per heavy atom. The summed E-state index contributed by atoms with van der Waals surface area (Å²) in [6.07, 6.45) is 5.30. The maximum Gasteiger partial charge on any atom is 0.573 e. The van der Waals surface area contributed by atoms with Gasteiger partial charge in [-0.2, -0.15) is 0 Å². The molecule has 1 aliphatic carbocycles. The molecule has 11 heteroatoms. The molecule has 1 saturated carbocycles. The van der Waals surface area contributed by atoms with Gasteiger partial charge in [0.2, 0.25) is 0 Å². The summed E-state index contributed by atoms with van der Waals surface area (Å²) in [5.41, 5.74) is 3.83. The lowest BCUT2D eigenvalue weighted by atomic mass is 9.95. The molecule has 2 aliphatic rings. The lowest BCUT2D eigenvalue weighted by Crippen LogP contribution is -2.44. The van der Waals surface area contributed by atoms with Crippen molar-refractivity contribution in [2.24, 2.45) is 0 Å². The molecule has 1 aliphatic heterocycles. The number of aromatic amines is 1. The number of H-pyrrole nitrogens is 1. The predicted molar refractivity (Wildman–Crippen MR) is 143 cm³/mol. The number of anilines is 1. The number of rotatable bonds is 4. The van der Waals surface area contributed by atoms with Crippen molar-refractivity contribution in [2.45, 2.75) is 38.0 Å². The van der Waals surface area contributed by atoms with Crippen LogP contribution in [0.25, 0.3) is 44.2 Å². The van der Waals surface area contributed by atoms with Crippen molar-refractivity contribution in [1.82, 2.24) is 30.2 Å². The van der Waals surface area contributed by atoms with Gasteiger partial charge in [0.1, 0.15) is 17.2 Å². The third kappa shape index (κ3) is 4.40. The fourth-order valence-corrected chi connectivity index (χ4v) is 6.04. The Morgan fingerprint density at radius 1 is 0.974 bits per heavy atom. The summed E-state index contributed by atoms with van der Waals surface area (Å²) >= 11 is 0. The zero-order valence-corrected chi connectivity index (χ0v) is 21.1. The fourth-order valence-electron chi connectivity index (χ4n) is 6.04. The Hall–Kier alpha value is -3.99. The van der Waals surface area contributed by atoms with Crippen LogP contribution in [0.2, 0.25) is 0 Å². The zero-order valence-electron chi connectivity index (χ0n) is 21.1. The summed E-state index contributed by atoms with van der Waals surface area (Å²) in [6, 6.07) is 6.04. The number of aromatic nitrogens is 5. The van der Waals surface area contributed by atoms with E-state index in [9.17, 15) is 13.2 Å². The smallest absolute Gasteiger partial charge is 0.406 e. The molecule has 7 rings (SSSR count). The SMILES string of the molecule is FC(F)(F)Oc1ccc2[nH]c3nccc(-c4nc(N5CCNCC5)c5c(C6CCCC6)cncc5n4)c3c2c1. The minimum Gasteiger partial charge on any atom is -0.406 e. The highest BCUT2D eigenvalue weighted by Gasteiger charge is 2.31. The first-order valence-electron chi connectivity index (χ1n) is 13.2. The molecule has 0 radical (unpaired) electrons. The van der Waals surface area contributed by atoms with E-state index in [1.807, 2.05) is 12.3 Å². The Kier molecular flexibility index (Phi) is 5.76. The Labute approximate surface area is 221 Å². The number of hydrogen-bond acceptors (Lipinski definition) is 7. The number of pyridine rings is 2. The molecule has 2 fully saturated rings. The van der Waals surface area contributed by atoms with E-state index in [1.165, 1.54) is 30.5 Å². The molecule has 0 amide bonds. The number of hydrogen-bond donors (Lipinski definition) is 2. The second kappa shape index (κ2) is 9.33. The highest BCUT2D eigenvalue weighted by atomic mass is 19.4. The molecular weight excluding hydrogens is 507 g/mol. The predicted octanol–water partition coefficient (Wildman–Crippen LogP) is 5.69. The maximum atomic E-state index is 13.0. The van der Waals surface area contributed by atoms with Crippen LogP contribution in [-0.2, 0) is 0 Å². The monoisotopic (exact) mass is 533 g/mol. The molecule has 0 unspecified atom stereocenters. The molecule has 8 nitrogen and oxygen atoms in total. The van der Waals surface area contributed by atoms with Crippen LogP contribution in [0.4, 0.5) is 19.0 Å². The molecule has 5 aromatic rings. The van der Waals surface area contributed by atoms with Gasteiger partial charge in [-0.1, -0.05) is 12.8 Å². The lowest BCUT2D eigenvalue weighted by Gasteiger charge is -2.30. The summed E-state index contributed by atoms with van der Waals surface area (Å²) < 4.78 is 43.1. The first kappa shape index (κ1) is 24.1. The highest BCUT2D eigenvalue weighted by Crippen LogP contribution is 2.41. The number of ether oxygens (including phenoxy) is 1. The van der Waals surface area contributed by atoms with Gasteiger partial charge >= 0.3 is 6.36 Å². The van der Waals surface area contributed by atoms with Crippen molar-refractivity contribution >= 4 is 38.7 Å². The molecule has 0 spiro atoms. The van der Waals surface area contributed by atoms with Gasteiger partial charge in [0, 0.05) is 65.8 Å². The van der Waals surface area contributed by atoms with Crippen LogP contribution in [0.5, 0.6) is 5.75 Å². The van der Waals surface area contributed by atoms with Gasteiger partial charge in [0.25, 0.3) is 0 Å². The summed E-state index contributed by atoms with van der Waals surface area (Å²) in [5.74, 6) is 1.51. The molecule has 39 heavy (non-hydrogen) atoms. The molecule has 2 N–H and O–H groups in total. The first-order chi connectivity index (χ1) is 18.9. The molecule has 1 saturated heterocycles. The van der Waals surface area contributed by atoms with Gasteiger partial charge in [0.15, 0.2) is 5.82 Å². The van der Waals surface area contributed by atoms with Crippen molar-refractivity contribution in [3.8, 4) is 17.1 Å². The van der Waals surface area contributed by atoms with Crippen LogP contribution < -0.4 is 15.0 Å². The van der Waals surface area contributed by atoms with Crippen LogP contribution in [0.1, 0.15) is 37.2 Å². The van der Waals surface area contributed by atoms with E-state index in [2.05, 4.69) is 29.9 Å².